The predicted molar refractivity (Wildman–Crippen MR) is 61.0 cm³/mol. The maximum absolute atomic E-state index is 5.29. The fraction of sp³-hybridized carbons (Fsp3) is 0.400. The van der Waals surface area contributed by atoms with E-state index in [1.165, 1.54) is 0 Å². The minimum Gasteiger partial charge on any atom is -0.411 e. The van der Waals surface area contributed by atoms with Crippen molar-refractivity contribution in [1.82, 2.24) is 0 Å². The molecule has 0 aliphatic carbocycles. The topological polar surface area (TPSA) is 30.5 Å². The zero-order valence-corrected chi connectivity index (χ0v) is 10.3. The molecule has 78 valence electrons. The van der Waals surface area contributed by atoms with E-state index in [4.69, 9.17) is 9.47 Å². The van der Waals surface area contributed by atoms with Crippen molar-refractivity contribution in [1.29, 1.82) is 0 Å². The second-order valence-corrected chi connectivity index (χ2v) is 5.25. The van der Waals surface area contributed by atoms with Crippen molar-refractivity contribution < 1.29 is 9.47 Å². The van der Waals surface area contributed by atoms with E-state index in [1.54, 1.807) is 14.2 Å². The van der Waals surface area contributed by atoms with Crippen LogP contribution >= 0.6 is 0 Å². The van der Waals surface area contributed by atoms with E-state index in [1.807, 2.05) is 37.3 Å². The van der Waals surface area contributed by atoms with Gasteiger partial charge in [0.2, 0.25) is 0 Å². The predicted octanol–water partition coefficient (Wildman–Crippen LogP) is 1.15. The lowest BCUT2D eigenvalue weighted by atomic mass is 10.3. The Morgan fingerprint density at radius 3 is 2.21 bits per heavy atom. The molecule has 0 heterocycles. The minimum atomic E-state index is -0.664. The Kier molecular flexibility index (Phi) is 4.12. The second kappa shape index (κ2) is 5.14. The molecule has 1 rings (SSSR count). The summed E-state index contributed by atoms with van der Waals surface area (Å²) in [7, 11) is 2.68. The SMILES string of the molecule is COC(C)(OC)[SiH2]Nc1ccccc1. The lowest BCUT2D eigenvalue weighted by molar-refractivity contribution is -0.130. The first-order valence-electron chi connectivity index (χ1n) is 4.59. The zero-order valence-electron chi connectivity index (χ0n) is 8.91. The molecule has 0 aliphatic heterocycles. The van der Waals surface area contributed by atoms with Crippen LogP contribution in [0.5, 0.6) is 0 Å². The maximum Gasteiger partial charge on any atom is 0.189 e. The van der Waals surface area contributed by atoms with Gasteiger partial charge in [-0.15, -0.1) is 0 Å². The molecule has 1 N–H and O–H groups in total. The van der Waals surface area contributed by atoms with Crippen molar-refractivity contribution in [3.05, 3.63) is 30.3 Å². The minimum absolute atomic E-state index is 0.435. The Hall–Kier alpha value is -0.843. The smallest absolute Gasteiger partial charge is 0.189 e. The first-order valence-corrected chi connectivity index (χ1v) is 6.01. The number of nitrogens with one attached hydrogen (secondary N) is 1. The average molecular weight is 211 g/mol. The molecular weight excluding hydrogens is 194 g/mol. The number of hydrogen-bond acceptors (Lipinski definition) is 3. The number of ether oxygens (including phenoxy) is 2. The molecule has 0 saturated heterocycles. The fourth-order valence-corrected chi connectivity index (χ4v) is 2.10. The zero-order chi connectivity index (χ0) is 10.4. The van der Waals surface area contributed by atoms with E-state index in [0.29, 0.717) is 0 Å². The summed E-state index contributed by atoms with van der Waals surface area (Å²) in [5.74, 6) is 0. The summed E-state index contributed by atoms with van der Waals surface area (Å²) >= 11 is 0. The third-order valence-electron chi connectivity index (χ3n) is 2.25. The number of hydrogen-bond donors (Lipinski definition) is 1. The molecule has 0 unspecified atom stereocenters. The molecule has 0 aliphatic rings. The maximum atomic E-state index is 5.29. The number of methoxy groups -OCH3 is 2. The molecule has 0 radical (unpaired) electrons. The van der Waals surface area contributed by atoms with Gasteiger partial charge in [-0.2, -0.15) is 0 Å². The molecule has 0 amide bonds. The molecule has 1 aromatic carbocycles. The molecule has 0 aromatic heterocycles. The highest BCUT2D eigenvalue weighted by Crippen LogP contribution is 2.10. The van der Waals surface area contributed by atoms with Gasteiger partial charge in [0.15, 0.2) is 15.1 Å². The molecule has 14 heavy (non-hydrogen) atoms. The number of benzene rings is 1. The van der Waals surface area contributed by atoms with Crippen LogP contribution < -0.4 is 4.98 Å². The van der Waals surface area contributed by atoms with Gasteiger partial charge in [-0.25, -0.2) is 0 Å². The van der Waals surface area contributed by atoms with Crippen molar-refractivity contribution >= 4 is 15.4 Å². The van der Waals surface area contributed by atoms with E-state index in [2.05, 4.69) is 4.98 Å². The molecule has 1 aromatic rings. The van der Waals surface area contributed by atoms with Crippen LogP contribution in [0.1, 0.15) is 6.92 Å². The van der Waals surface area contributed by atoms with Gasteiger partial charge < -0.3 is 14.5 Å². The average Bonchev–Trinajstić information content (AvgIpc) is 2.27. The number of para-hydroxylation sites is 1. The second-order valence-electron chi connectivity index (χ2n) is 3.26. The highest BCUT2D eigenvalue weighted by molar-refractivity contribution is 6.43. The highest BCUT2D eigenvalue weighted by atomic mass is 28.2. The summed E-state index contributed by atoms with van der Waals surface area (Å²) in [6.45, 7) is 1.95. The first-order chi connectivity index (χ1) is 6.70. The lowest BCUT2D eigenvalue weighted by Gasteiger charge is -2.26. The van der Waals surface area contributed by atoms with Gasteiger partial charge in [-0.05, 0) is 19.1 Å². The van der Waals surface area contributed by atoms with Gasteiger partial charge in [0.05, 0.1) is 0 Å². The van der Waals surface area contributed by atoms with E-state index < -0.39 is 15.1 Å². The first kappa shape index (κ1) is 11.2. The van der Waals surface area contributed by atoms with Crippen LogP contribution in [0, 0.1) is 0 Å². The van der Waals surface area contributed by atoms with E-state index >= 15 is 0 Å². The van der Waals surface area contributed by atoms with E-state index in [9.17, 15) is 0 Å². The third-order valence-corrected chi connectivity index (χ3v) is 4.06. The van der Waals surface area contributed by atoms with Crippen LogP contribution in [0.2, 0.25) is 0 Å². The Morgan fingerprint density at radius 1 is 1.14 bits per heavy atom. The van der Waals surface area contributed by atoms with Crippen LogP contribution in [0.4, 0.5) is 5.69 Å². The summed E-state index contributed by atoms with van der Waals surface area (Å²) in [6, 6.07) is 10.1. The van der Waals surface area contributed by atoms with Crippen LogP contribution in [-0.2, 0) is 9.47 Å². The van der Waals surface area contributed by atoms with Crippen molar-refractivity contribution in [2.24, 2.45) is 0 Å². The molecule has 0 saturated carbocycles. The quantitative estimate of drug-likeness (QED) is 0.585. The van der Waals surface area contributed by atoms with Gasteiger partial charge in [0.1, 0.15) is 0 Å². The summed E-state index contributed by atoms with van der Waals surface area (Å²) in [5, 5.41) is 0. The summed E-state index contributed by atoms with van der Waals surface area (Å²) in [6.07, 6.45) is 0. The van der Waals surface area contributed by atoms with Crippen molar-refractivity contribution in [3.8, 4) is 0 Å². The molecule has 0 spiro atoms. The fourth-order valence-electron chi connectivity index (χ4n) is 1.05. The Balaban J connectivity index is 2.48. The molecule has 4 heteroatoms. The summed E-state index contributed by atoms with van der Waals surface area (Å²) < 4.78 is 10.6. The van der Waals surface area contributed by atoms with E-state index in [-0.39, 0.29) is 0 Å². The summed E-state index contributed by atoms with van der Waals surface area (Å²) in [4.78, 5) is 3.38. The number of rotatable bonds is 5. The van der Waals surface area contributed by atoms with Crippen LogP contribution in [0.25, 0.3) is 0 Å². The molecular formula is C10H17NO2Si. The van der Waals surface area contributed by atoms with Gasteiger partial charge in [0.25, 0.3) is 0 Å². The largest absolute Gasteiger partial charge is 0.411 e. The van der Waals surface area contributed by atoms with Gasteiger partial charge in [0, 0.05) is 19.9 Å². The monoisotopic (exact) mass is 211 g/mol. The summed E-state index contributed by atoms with van der Waals surface area (Å²) in [5.41, 5.74) is 0.690. The standard InChI is InChI=1S/C10H17NO2Si/c1-10(12-2,13-3)14-11-9-7-5-4-6-8-9/h4-8,11H,14H2,1-3H3. The van der Waals surface area contributed by atoms with Crippen LogP contribution in [0.3, 0.4) is 0 Å². The molecule has 0 fully saturated rings. The van der Waals surface area contributed by atoms with E-state index in [0.717, 1.165) is 5.69 Å². The third kappa shape index (κ3) is 3.14. The number of anilines is 1. The van der Waals surface area contributed by atoms with Gasteiger partial charge >= 0.3 is 0 Å². The van der Waals surface area contributed by atoms with Crippen LogP contribution in [0.15, 0.2) is 30.3 Å². The van der Waals surface area contributed by atoms with Crippen molar-refractivity contribution in [2.45, 2.75) is 12.3 Å². The molecule has 3 nitrogen and oxygen atoms in total. The Labute approximate surface area is 87.3 Å². The molecule has 0 atom stereocenters. The van der Waals surface area contributed by atoms with Gasteiger partial charge in [-0.3, -0.25) is 0 Å². The Morgan fingerprint density at radius 2 is 1.71 bits per heavy atom. The van der Waals surface area contributed by atoms with Crippen LogP contribution in [-0.4, -0.2) is 29.3 Å². The van der Waals surface area contributed by atoms with Gasteiger partial charge in [-0.1, -0.05) is 18.2 Å². The Bertz CT molecular complexity index is 262. The van der Waals surface area contributed by atoms with Crippen molar-refractivity contribution in [3.63, 3.8) is 0 Å². The lowest BCUT2D eigenvalue weighted by Crippen LogP contribution is -2.41. The molecule has 0 bridgehead atoms. The normalized spacial score (nSPS) is 12.2. The highest BCUT2D eigenvalue weighted by Gasteiger charge is 2.22. The van der Waals surface area contributed by atoms with Crippen molar-refractivity contribution in [2.75, 3.05) is 19.2 Å².